The van der Waals surface area contributed by atoms with Crippen molar-refractivity contribution in [3.63, 3.8) is 0 Å². The van der Waals surface area contributed by atoms with E-state index in [1.165, 1.54) is 0 Å². The van der Waals surface area contributed by atoms with Crippen LogP contribution >= 0.6 is 0 Å². The normalized spacial score (nSPS) is 26.1. The first-order valence-corrected chi connectivity index (χ1v) is 7.90. The summed E-state index contributed by atoms with van der Waals surface area (Å²) in [7, 11) is 0. The molecule has 21 heavy (non-hydrogen) atoms. The van der Waals surface area contributed by atoms with E-state index in [2.05, 4.69) is 31.2 Å². The van der Waals surface area contributed by atoms with Gasteiger partial charge in [-0.25, -0.2) is 0 Å². The average molecular weight is 292 g/mol. The van der Waals surface area contributed by atoms with Gasteiger partial charge in [-0.2, -0.15) is 5.10 Å². The predicted molar refractivity (Wildman–Crippen MR) is 85.3 cm³/mol. The fourth-order valence-electron chi connectivity index (χ4n) is 3.38. The number of anilines is 1. The van der Waals surface area contributed by atoms with Crippen molar-refractivity contribution in [1.29, 1.82) is 0 Å². The van der Waals surface area contributed by atoms with E-state index in [1.807, 2.05) is 18.5 Å². The van der Waals surface area contributed by atoms with Crippen LogP contribution in [0.3, 0.4) is 0 Å². The summed E-state index contributed by atoms with van der Waals surface area (Å²) in [5, 5.41) is 7.54. The molecule has 1 aliphatic carbocycles. The number of amides is 1. The lowest BCUT2D eigenvalue weighted by molar-refractivity contribution is -0.122. The highest BCUT2D eigenvalue weighted by Gasteiger charge is 2.38. The minimum Gasteiger partial charge on any atom is -0.321 e. The van der Waals surface area contributed by atoms with E-state index in [-0.39, 0.29) is 11.9 Å². The number of aromatic nitrogens is 2. The lowest BCUT2D eigenvalue weighted by atomic mass is 9.76. The molecule has 5 nitrogen and oxygen atoms in total. The van der Waals surface area contributed by atoms with Crippen molar-refractivity contribution in [3.8, 4) is 0 Å². The van der Waals surface area contributed by atoms with Crippen LogP contribution in [-0.2, 0) is 4.79 Å². The van der Waals surface area contributed by atoms with Gasteiger partial charge in [0, 0.05) is 6.04 Å². The summed E-state index contributed by atoms with van der Waals surface area (Å²) in [5.41, 5.74) is 8.28. The summed E-state index contributed by atoms with van der Waals surface area (Å²) in [6.07, 6.45) is 3.71. The van der Waals surface area contributed by atoms with Crippen LogP contribution in [0.25, 0.3) is 0 Å². The molecule has 0 spiro atoms. The van der Waals surface area contributed by atoms with Crippen LogP contribution in [-0.4, -0.2) is 21.2 Å². The monoisotopic (exact) mass is 292 g/mol. The van der Waals surface area contributed by atoms with Gasteiger partial charge in [0.2, 0.25) is 5.91 Å². The Bertz CT molecular complexity index is 535. The zero-order valence-electron chi connectivity index (χ0n) is 13.9. The highest BCUT2D eigenvalue weighted by atomic mass is 16.2. The molecule has 2 unspecified atom stereocenters. The van der Waals surface area contributed by atoms with Crippen LogP contribution in [0.1, 0.15) is 63.9 Å². The van der Waals surface area contributed by atoms with E-state index in [0.29, 0.717) is 5.92 Å². The van der Waals surface area contributed by atoms with Crippen molar-refractivity contribution in [2.45, 2.75) is 71.9 Å². The minimum absolute atomic E-state index is 0.0662. The molecule has 0 aromatic carbocycles. The lowest BCUT2D eigenvalue weighted by Gasteiger charge is -2.35. The van der Waals surface area contributed by atoms with Gasteiger partial charge >= 0.3 is 0 Å². The Morgan fingerprint density at radius 3 is 2.67 bits per heavy atom. The quantitative estimate of drug-likeness (QED) is 0.899. The number of carbonyl (C=O) groups is 1. The molecule has 0 aliphatic heterocycles. The number of rotatable bonds is 3. The summed E-state index contributed by atoms with van der Waals surface area (Å²) in [5.74, 6) is 0.443. The molecule has 0 radical (unpaired) electrons. The highest BCUT2D eigenvalue weighted by molar-refractivity contribution is 5.98. The van der Waals surface area contributed by atoms with E-state index in [9.17, 15) is 4.79 Å². The van der Waals surface area contributed by atoms with Crippen LogP contribution in [0.15, 0.2) is 0 Å². The van der Waals surface area contributed by atoms with Crippen LogP contribution in [0.2, 0.25) is 0 Å². The number of nitrogens with zero attached hydrogens (tertiary/aromatic N) is 2. The Kier molecular flexibility index (Phi) is 4.42. The van der Waals surface area contributed by atoms with Crippen molar-refractivity contribution in [2.75, 3.05) is 5.32 Å². The van der Waals surface area contributed by atoms with Crippen LogP contribution < -0.4 is 11.1 Å². The Morgan fingerprint density at radius 2 is 2.14 bits per heavy atom. The Morgan fingerprint density at radius 1 is 1.48 bits per heavy atom. The fourth-order valence-corrected chi connectivity index (χ4v) is 3.38. The number of nitrogens with two attached hydrogens (primary N) is 1. The standard InChI is InChI=1S/C16H28N4O/c1-10(2)20-13(5)14(12(4)19-20)18-15(21)16(17)8-6-7-11(3)9-16/h10-11H,6-9,17H2,1-5H3,(H,18,21). The summed E-state index contributed by atoms with van der Waals surface area (Å²) in [4.78, 5) is 12.6. The first-order valence-electron chi connectivity index (χ1n) is 7.90. The van der Waals surface area contributed by atoms with Crippen LogP contribution in [0.5, 0.6) is 0 Å². The second kappa shape index (κ2) is 5.79. The Balaban J connectivity index is 2.20. The van der Waals surface area contributed by atoms with E-state index in [1.54, 1.807) is 0 Å². The lowest BCUT2D eigenvalue weighted by Crippen LogP contribution is -2.53. The van der Waals surface area contributed by atoms with Crippen molar-refractivity contribution in [3.05, 3.63) is 11.4 Å². The third-order valence-corrected chi connectivity index (χ3v) is 4.54. The molecule has 1 saturated carbocycles. The van der Waals surface area contributed by atoms with Crippen molar-refractivity contribution >= 4 is 11.6 Å². The van der Waals surface area contributed by atoms with Gasteiger partial charge in [0.05, 0.1) is 22.6 Å². The molecular formula is C16H28N4O. The molecule has 1 aromatic rings. The van der Waals surface area contributed by atoms with Gasteiger partial charge in [0.15, 0.2) is 0 Å². The van der Waals surface area contributed by atoms with Crippen LogP contribution in [0.4, 0.5) is 5.69 Å². The van der Waals surface area contributed by atoms with Gasteiger partial charge in [0.25, 0.3) is 0 Å². The molecule has 2 atom stereocenters. The van der Waals surface area contributed by atoms with E-state index in [0.717, 1.165) is 42.8 Å². The summed E-state index contributed by atoms with van der Waals surface area (Å²) in [6, 6.07) is 0.274. The maximum Gasteiger partial charge on any atom is 0.244 e. The fraction of sp³-hybridized carbons (Fsp3) is 0.750. The second-order valence-corrected chi connectivity index (χ2v) is 6.90. The van der Waals surface area contributed by atoms with Crippen molar-refractivity contribution in [1.82, 2.24) is 9.78 Å². The third kappa shape index (κ3) is 3.12. The van der Waals surface area contributed by atoms with Gasteiger partial charge in [-0.15, -0.1) is 0 Å². The third-order valence-electron chi connectivity index (χ3n) is 4.54. The molecule has 1 fully saturated rings. The number of nitrogens with one attached hydrogen (secondary N) is 1. The second-order valence-electron chi connectivity index (χ2n) is 6.90. The number of aryl methyl sites for hydroxylation is 1. The highest BCUT2D eigenvalue weighted by Crippen LogP contribution is 2.32. The van der Waals surface area contributed by atoms with Gasteiger partial charge < -0.3 is 11.1 Å². The minimum atomic E-state index is -0.740. The van der Waals surface area contributed by atoms with Gasteiger partial charge in [-0.3, -0.25) is 9.48 Å². The van der Waals surface area contributed by atoms with Crippen molar-refractivity contribution in [2.24, 2.45) is 11.7 Å². The maximum absolute atomic E-state index is 12.6. The molecule has 1 heterocycles. The zero-order chi connectivity index (χ0) is 15.8. The molecule has 0 saturated heterocycles. The zero-order valence-corrected chi connectivity index (χ0v) is 13.9. The predicted octanol–water partition coefficient (Wildman–Crippen LogP) is 2.93. The van der Waals surface area contributed by atoms with E-state index in [4.69, 9.17) is 5.73 Å². The first-order chi connectivity index (χ1) is 9.74. The SMILES string of the molecule is Cc1nn(C(C)C)c(C)c1NC(=O)C1(N)CCCC(C)C1. The molecule has 118 valence electrons. The number of hydrogen-bond acceptors (Lipinski definition) is 3. The molecular weight excluding hydrogens is 264 g/mol. The summed E-state index contributed by atoms with van der Waals surface area (Å²) < 4.78 is 1.94. The number of hydrogen-bond donors (Lipinski definition) is 2. The molecule has 1 aliphatic rings. The van der Waals surface area contributed by atoms with E-state index >= 15 is 0 Å². The molecule has 0 bridgehead atoms. The Hall–Kier alpha value is -1.36. The molecule has 2 rings (SSSR count). The average Bonchev–Trinajstić information content (AvgIpc) is 2.66. The molecule has 1 amide bonds. The van der Waals surface area contributed by atoms with E-state index < -0.39 is 5.54 Å². The van der Waals surface area contributed by atoms with Gasteiger partial charge in [-0.1, -0.05) is 19.8 Å². The van der Waals surface area contributed by atoms with Gasteiger partial charge in [-0.05, 0) is 46.5 Å². The summed E-state index contributed by atoms with van der Waals surface area (Å²) in [6.45, 7) is 10.2. The molecule has 5 heteroatoms. The molecule has 3 N–H and O–H groups in total. The molecule has 1 aromatic heterocycles. The summed E-state index contributed by atoms with van der Waals surface area (Å²) >= 11 is 0. The topological polar surface area (TPSA) is 72.9 Å². The number of carbonyl (C=O) groups excluding carboxylic acids is 1. The smallest absolute Gasteiger partial charge is 0.244 e. The van der Waals surface area contributed by atoms with Gasteiger partial charge in [0.1, 0.15) is 0 Å². The van der Waals surface area contributed by atoms with Crippen LogP contribution in [0, 0.1) is 19.8 Å². The Labute approximate surface area is 127 Å². The van der Waals surface area contributed by atoms with Crippen molar-refractivity contribution < 1.29 is 4.79 Å². The first kappa shape index (κ1) is 16.0. The largest absolute Gasteiger partial charge is 0.321 e. The maximum atomic E-state index is 12.6.